The van der Waals surface area contributed by atoms with E-state index < -0.39 is 10.0 Å². The number of nitrogens with zero attached hydrogens (tertiary/aromatic N) is 2. The second-order valence-electron chi connectivity index (χ2n) is 5.75. The Hall–Kier alpha value is -3.13. The summed E-state index contributed by atoms with van der Waals surface area (Å²) in [6, 6.07) is 15.6. The maximum atomic E-state index is 12.9. The molecule has 26 heavy (non-hydrogen) atoms. The molecule has 7 nitrogen and oxygen atoms in total. The predicted molar refractivity (Wildman–Crippen MR) is 100 cm³/mol. The molecule has 134 valence electrons. The number of carbonyl (C=O) groups is 1. The molecule has 0 radical (unpaired) electrons. The lowest BCUT2D eigenvalue weighted by atomic mass is 10.2. The summed E-state index contributed by atoms with van der Waals surface area (Å²) in [7, 11) is -2.19. The number of benzene rings is 2. The van der Waals surface area contributed by atoms with Crippen molar-refractivity contribution in [2.45, 2.75) is 11.8 Å². The van der Waals surface area contributed by atoms with Gasteiger partial charge in [0.1, 0.15) is 10.6 Å². The van der Waals surface area contributed by atoms with Crippen LogP contribution in [0.2, 0.25) is 0 Å². The van der Waals surface area contributed by atoms with Crippen LogP contribution in [0.5, 0.6) is 0 Å². The monoisotopic (exact) mass is 370 g/mol. The van der Waals surface area contributed by atoms with Crippen molar-refractivity contribution in [2.75, 3.05) is 10.0 Å². The Kier molecular flexibility index (Phi) is 4.77. The van der Waals surface area contributed by atoms with E-state index in [1.165, 1.54) is 17.8 Å². The number of sulfonamides is 1. The largest absolute Gasteiger partial charge is 0.326 e. The van der Waals surface area contributed by atoms with Gasteiger partial charge in [0.05, 0.1) is 5.69 Å². The summed E-state index contributed by atoms with van der Waals surface area (Å²) in [5.41, 5.74) is 1.94. The standard InChI is InChI=1S/C18H18N4O3S/c1-13(23)19-15-9-6-10-16(11-15)21-26(24,25)17-12-22(2)20-18(17)14-7-4-3-5-8-14/h3-12,21H,1-2H3,(H,19,23). The fourth-order valence-corrected chi connectivity index (χ4v) is 3.78. The first-order valence-electron chi connectivity index (χ1n) is 7.85. The topological polar surface area (TPSA) is 93.1 Å². The lowest BCUT2D eigenvalue weighted by Gasteiger charge is -2.10. The number of hydrogen-bond acceptors (Lipinski definition) is 4. The van der Waals surface area contributed by atoms with E-state index in [9.17, 15) is 13.2 Å². The molecule has 0 spiro atoms. The van der Waals surface area contributed by atoms with Gasteiger partial charge < -0.3 is 5.32 Å². The molecule has 1 aromatic heterocycles. The highest BCUT2D eigenvalue weighted by molar-refractivity contribution is 7.92. The fourth-order valence-electron chi connectivity index (χ4n) is 2.53. The van der Waals surface area contributed by atoms with Crippen LogP contribution in [0.15, 0.2) is 65.7 Å². The second kappa shape index (κ2) is 7.01. The normalized spacial score (nSPS) is 11.2. The molecular formula is C18H18N4O3S. The molecule has 8 heteroatoms. The van der Waals surface area contributed by atoms with Crippen LogP contribution < -0.4 is 10.0 Å². The third kappa shape index (κ3) is 3.92. The Morgan fingerprint density at radius 3 is 2.42 bits per heavy atom. The third-order valence-electron chi connectivity index (χ3n) is 3.57. The number of rotatable bonds is 5. The van der Waals surface area contributed by atoms with Crippen LogP contribution in [0.3, 0.4) is 0 Å². The van der Waals surface area contributed by atoms with E-state index in [2.05, 4.69) is 15.1 Å². The lowest BCUT2D eigenvalue weighted by molar-refractivity contribution is -0.114. The summed E-state index contributed by atoms with van der Waals surface area (Å²) in [4.78, 5) is 11.3. The van der Waals surface area contributed by atoms with Crippen molar-refractivity contribution in [3.8, 4) is 11.3 Å². The molecule has 0 fully saturated rings. The van der Waals surface area contributed by atoms with Crippen molar-refractivity contribution < 1.29 is 13.2 Å². The molecule has 2 aromatic carbocycles. The highest BCUT2D eigenvalue weighted by Crippen LogP contribution is 2.27. The van der Waals surface area contributed by atoms with Gasteiger partial charge in [0.2, 0.25) is 5.91 Å². The van der Waals surface area contributed by atoms with Crippen molar-refractivity contribution in [3.05, 3.63) is 60.8 Å². The van der Waals surface area contributed by atoms with Crippen LogP contribution in [0, 0.1) is 0 Å². The Balaban J connectivity index is 1.96. The molecule has 0 saturated carbocycles. The summed E-state index contributed by atoms with van der Waals surface area (Å²) in [5, 5.41) is 6.91. The van der Waals surface area contributed by atoms with E-state index in [1.807, 2.05) is 18.2 Å². The number of hydrogen-bond donors (Lipinski definition) is 2. The summed E-state index contributed by atoms with van der Waals surface area (Å²) >= 11 is 0. The zero-order chi connectivity index (χ0) is 18.7. The highest BCUT2D eigenvalue weighted by Gasteiger charge is 2.23. The fraction of sp³-hybridized carbons (Fsp3) is 0.111. The van der Waals surface area contributed by atoms with E-state index in [4.69, 9.17) is 0 Å². The van der Waals surface area contributed by atoms with Crippen LogP contribution >= 0.6 is 0 Å². The molecular weight excluding hydrogens is 352 g/mol. The average molecular weight is 370 g/mol. The van der Waals surface area contributed by atoms with E-state index in [0.717, 1.165) is 0 Å². The molecule has 1 amide bonds. The van der Waals surface area contributed by atoms with Crippen molar-refractivity contribution in [3.63, 3.8) is 0 Å². The zero-order valence-electron chi connectivity index (χ0n) is 14.3. The molecule has 3 aromatic rings. The predicted octanol–water partition coefficient (Wildman–Crippen LogP) is 2.85. The first kappa shape index (κ1) is 17.7. The Morgan fingerprint density at radius 2 is 1.73 bits per heavy atom. The van der Waals surface area contributed by atoms with Crippen molar-refractivity contribution >= 4 is 27.3 Å². The first-order valence-corrected chi connectivity index (χ1v) is 9.33. The number of anilines is 2. The third-order valence-corrected chi connectivity index (χ3v) is 4.95. The summed E-state index contributed by atoms with van der Waals surface area (Å²) in [5.74, 6) is -0.233. The molecule has 0 saturated heterocycles. The highest BCUT2D eigenvalue weighted by atomic mass is 32.2. The minimum absolute atomic E-state index is 0.0798. The molecule has 3 rings (SSSR count). The summed E-state index contributed by atoms with van der Waals surface area (Å²) in [6.45, 7) is 1.39. The van der Waals surface area contributed by atoms with Gasteiger partial charge in [-0.05, 0) is 18.2 Å². The molecule has 1 heterocycles. The van der Waals surface area contributed by atoms with Crippen molar-refractivity contribution in [1.29, 1.82) is 0 Å². The van der Waals surface area contributed by atoms with Crippen molar-refractivity contribution in [1.82, 2.24) is 9.78 Å². The van der Waals surface area contributed by atoms with Crippen LogP contribution in [-0.4, -0.2) is 24.1 Å². The van der Waals surface area contributed by atoms with Gasteiger partial charge in [0.25, 0.3) is 10.0 Å². The smallest absolute Gasteiger partial charge is 0.265 e. The average Bonchev–Trinajstić information content (AvgIpc) is 2.98. The van der Waals surface area contributed by atoms with Gasteiger partial charge in [-0.15, -0.1) is 0 Å². The first-order chi connectivity index (χ1) is 12.3. The second-order valence-corrected chi connectivity index (χ2v) is 7.40. The zero-order valence-corrected chi connectivity index (χ0v) is 15.1. The quantitative estimate of drug-likeness (QED) is 0.722. The van der Waals surface area contributed by atoms with E-state index in [0.29, 0.717) is 22.6 Å². The van der Waals surface area contributed by atoms with Crippen LogP contribution in [0.25, 0.3) is 11.3 Å². The Bertz CT molecular complexity index is 1040. The maximum Gasteiger partial charge on any atom is 0.265 e. The molecule has 0 aliphatic heterocycles. The SMILES string of the molecule is CC(=O)Nc1cccc(NS(=O)(=O)c2cn(C)nc2-c2ccccc2)c1. The number of aryl methyl sites for hydroxylation is 1. The molecule has 0 aliphatic carbocycles. The van der Waals surface area contributed by atoms with Gasteiger partial charge in [0.15, 0.2) is 0 Å². The van der Waals surface area contributed by atoms with Crippen LogP contribution in [0.1, 0.15) is 6.92 Å². The van der Waals surface area contributed by atoms with Gasteiger partial charge in [-0.3, -0.25) is 14.2 Å². The Labute approximate surface area is 151 Å². The van der Waals surface area contributed by atoms with Crippen LogP contribution in [-0.2, 0) is 21.9 Å². The van der Waals surface area contributed by atoms with Gasteiger partial charge >= 0.3 is 0 Å². The number of amides is 1. The number of nitrogens with one attached hydrogen (secondary N) is 2. The van der Waals surface area contributed by atoms with E-state index in [-0.39, 0.29) is 10.8 Å². The van der Waals surface area contributed by atoms with E-state index in [1.54, 1.807) is 43.4 Å². The molecule has 2 N–H and O–H groups in total. The van der Waals surface area contributed by atoms with Gasteiger partial charge in [-0.25, -0.2) is 8.42 Å². The lowest BCUT2D eigenvalue weighted by Crippen LogP contribution is -2.14. The maximum absolute atomic E-state index is 12.9. The minimum atomic E-state index is -3.86. The van der Waals surface area contributed by atoms with Crippen molar-refractivity contribution in [2.24, 2.45) is 7.05 Å². The van der Waals surface area contributed by atoms with E-state index >= 15 is 0 Å². The summed E-state index contributed by atoms with van der Waals surface area (Å²) in [6.07, 6.45) is 1.46. The van der Waals surface area contributed by atoms with Crippen LogP contribution in [0.4, 0.5) is 11.4 Å². The number of carbonyl (C=O) groups excluding carboxylic acids is 1. The molecule has 0 atom stereocenters. The summed E-state index contributed by atoms with van der Waals surface area (Å²) < 4.78 is 29.8. The Morgan fingerprint density at radius 1 is 1.04 bits per heavy atom. The molecule has 0 unspecified atom stereocenters. The minimum Gasteiger partial charge on any atom is -0.326 e. The van der Waals surface area contributed by atoms with Gasteiger partial charge in [-0.2, -0.15) is 5.10 Å². The number of aromatic nitrogens is 2. The molecule has 0 aliphatic rings. The van der Waals surface area contributed by atoms with Gasteiger partial charge in [-0.1, -0.05) is 36.4 Å². The van der Waals surface area contributed by atoms with Gasteiger partial charge in [0, 0.05) is 31.4 Å². The molecule has 0 bridgehead atoms.